The van der Waals surface area contributed by atoms with Gasteiger partial charge in [-0.15, -0.1) is 0 Å². The first-order chi connectivity index (χ1) is 10.4. The largest absolute Gasteiger partial charge is 0.492 e. The van der Waals surface area contributed by atoms with E-state index in [0.717, 1.165) is 18.6 Å². The van der Waals surface area contributed by atoms with E-state index in [4.69, 9.17) is 4.74 Å². The van der Waals surface area contributed by atoms with Gasteiger partial charge in [0.05, 0.1) is 0 Å². The van der Waals surface area contributed by atoms with E-state index in [9.17, 15) is 9.90 Å². The maximum absolute atomic E-state index is 11.2. The molecule has 22 heavy (non-hydrogen) atoms. The van der Waals surface area contributed by atoms with Crippen LogP contribution in [0.2, 0.25) is 0 Å². The molecule has 0 amide bonds. The van der Waals surface area contributed by atoms with Crippen molar-refractivity contribution in [2.45, 2.75) is 58.5 Å². The summed E-state index contributed by atoms with van der Waals surface area (Å²) in [6.07, 6.45) is 2.19. The fraction of sp³-hybridized carbons (Fsp3) is 0.611. The molecule has 4 heteroatoms. The molecular formula is C18H27NO3. The third-order valence-electron chi connectivity index (χ3n) is 4.35. The number of benzene rings is 1. The molecule has 1 saturated carbocycles. The number of hydrogen-bond donors (Lipinski definition) is 1. The predicted octanol–water partition coefficient (Wildman–Crippen LogP) is 3.43. The Morgan fingerprint density at radius 2 is 2.05 bits per heavy atom. The van der Waals surface area contributed by atoms with E-state index in [0.29, 0.717) is 25.1 Å². The Morgan fingerprint density at radius 1 is 1.36 bits per heavy atom. The third-order valence-corrected chi connectivity index (χ3v) is 4.35. The van der Waals surface area contributed by atoms with E-state index < -0.39 is 12.0 Å². The van der Waals surface area contributed by atoms with Crippen LogP contribution >= 0.6 is 0 Å². The summed E-state index contributed by atoms with van der Waals surface area (Å²) in [5.41, 5.74) is 2.58. The lowest BCUT2D eigenvalue weighted by molar-refractivity contribution is -0.143. The molecule has 0 bridgehead atoms. The normalized spacial score (nSPS) is 16.1. The number of hydrogen-bond acceptors (Lipinski definition) is 3. The van der Waals surface area contributed by atoms with Crippen LogP contribution in [0, 0.1) is 6.92 Å². The van der Waals surface area contributed by atoms with Crippen LogP contribution in [0.4, 0.5) is 0 Å². The summed E-state index contributed by atoms with van der Waals surface area (Å²) in [5, 5.41) is 9.18. The van der Waals surface area contributed by atoms with Gasteiger partial charge in [0.15, 0.2) is 0 Å². The van der Waals surface area contributed by atoms with Gasteiger partial charge in [-0.2, -0.15) is 0 Å². The van der Waals surface area contributed by atoms with Crippen LogP contribution in [0.25, 0.3) is 0 Å². The van der Waals surface area contributed by atoms with Gasteiger partial charge in [-0.25, -0.2) is 0 Å². The Balaban J connectivity index is 1.89. The summed E-state index contributed by atoms with van der Waals surface area (Å²) in [5.74, 6) is 0.612. The second kappa shape index (κ2) is 7.14. The highest BCUT2D eigenvalue weighted by Crippen LogP contribution is 2.28. The van der Waals surface area contributed by atoms with Crippen LogP contribution in [0.5, 0.6) is 5.75 Å². The smallest absolute Gasteiger partial charge is 0.320 e. The lowest BCUT2D eigenvalue weighted by atomic mass is 9.98. The highest BCUT2D eigenvalue weighted by Gasteiger charge is 2.34. The molecule has 1 fully saturated rings. The number of nitrogens with zero attached hydrogens (tertiary/aromatic N) is 1. The standard InChI is InChI=1S/C18H27NO3/c1-12(2)17-8-7-16(11-13(17)3)22-10-9-19(15-5-6-15)14(4)18(20)21/h7-8,11-12,14-15H,5-6,9-10H2,1-4H3,(H,20,21). The van der Waals surface area contributed by atoms with Gasteiger partial charge in [0.25, 0.3) is 0 Å². The minimum absolute atomic E-state index is 0.416. The Morgan fingerprint density at radius 3 is 2.55 bits per heavy atom. The fourth-order valence-corrected chi connectivity index (χ4v) is 2.90. The van der Waals surface area contributed by atoms with E-state index in [1.54, 1.807) is 6.92 Å². The highest BCUT2D eigenvalue weighted by atomic mass is 16.5. The fourth-order valence-electron chi connectivity index (χ4n) is 2.90. The minimum atomic E-state index is -0.760. The molecule has 0 radical (unpaired) electrons. The highest BCUT2D eigenvalue weighted by molar-refractivity contribution is 5.73. The van der Waals surface area contributed by atoms with E-state index in [2.05, 4.69) is 32.9 Å². The molecule has 2 rings (SSSR count). The van der Waals surface area contributed by atoms with E-state index in [1.165, 1.54) is 11.1 Å². The van der Waals surface area contributed by atoms with Crippen LogP contribution in [-0.4, -0.2) is 41.2 Å². The second-order valence-electron chi connectivity index (χ2n) is 6.50. The predicted molar refractivity (Wildman–Crippen MR) is 87.6 cm³/mol. The van der Waals surface area contributed by atoms with E-state index >= 15 is 0 Å². The Kier molecular flexibility index (Phi) is 5.46. The van der Waals surface area contributed by atoms with E-state index in [-0.39, 0.29) is 0 Å². The number of rotatable bonds is 8. The number of ether oxygens (including phenoxy) is 1. The molecule has 4 nitrogen and oxygen atoms in total. The third kappa shape index (κ3) is 4.23. The summed E-state index contributed by atoms with van der Waals surface area (Å²) in [4.78, 5) is 13.2. The molecule has 0 spiro atoms. The molecule has 1 aliphatic rings. The van der Waals surface area contributed by atoms with Gasteiger partial charge in [-0.1, -0.05) is 19.9 Å². The first-order valence-corrected chi connectivity index (χ1v) is 8.12. The van der Waals surface area contributed by atoms with Crippen LogP contribution < -0.4 is 4.74 Å². The first-order valence-electron chi connectivity index (χ1n) is 8.12. The van der Waals surface area contributed by atoms with Gasteiger partial charge in [0.1, 0.15) is 18.4 Å². The molecule has 0 saturated heterocycles. The summed E-state index contributed by atoms with van der Waals surface area (Å²) >= 11 is 0. The van der Waals surface area contributed by atoms with Crippen LogP contribution in [-0.2, 0) is 4.79 Å². The average Bonchev–Trinajstić information content (AvgIpc) is 3.27. The summed E-state index contributed by atoms with van der Waals surface area (Å²) in [7, 11) is 0. The molecule has 1 aromatic carbocycles. The van der Waals surface area contributed by atoms with Gasteiger partial charge in [-0.05, 0) is 55.9 Å². The molecule has 1 aromatic rings. The van der Waals surface area contributed by atoms with Crippen molar-refractivity contribution >= 4 is 5.97 Å². The van der Waals surface area contributed by atoms with Crippen molar-refractivity contribution < 1.29 is 14.6 Å². The number of carbonyl (C=O) groups is 1. The Labute approximate surface area is 133 Å². The van der Waals surface area contributed by atoms with Crippen molar-refractivity contribution in [3.8, 4) is 5.75 Å². The van der Waals surface area contributed by atoms with Crippen molar-refractivity contribution in [1.82, 2.24) is 4.90 Å². The lowest BCUT2D eigenvalue weighted by Crippen LogP contribution is -2.42. The van der Waals surface area contributed by atoms with Crippen LogP contribution in [0.1, 0.15) is 50.7 Å². The van der Waals surface area contributed by atoms with Crippen molar-refractivity contribution in [2.75, 3.05) is 13.2 Å². The van der Waals surface area contributed by atoms with Crippen molar-refractivity contribution in [1.29, 1.82) is 0 Å². The zero-order chi connectivity index (χ0) is 16.3. The molecule has 1 aliphatic carbocycles. The maximum atomic E-state index is 11.2. The van der Waals surface area contributed by atoms with E-state index in [1.807, 2.05) is 11.0 Å². The average molecular weight is 305 g/mol. The van der Waals surface area contributed by atoms with Crippen molar-refractivity contribution in [2.24, 2.45) is 0 Å². The summed E-state index contributed by atoms with van der Waals surface area (Å²) < 4.78 is 5.83. The SMILES string of the molecule is Cc1cc(OCCN(C2CC2)C(C)C(=O)O)ccc1C(C)C. The molecule has 122 valence electrons. The molecule has 0 heterocycles. The Bertz CT molecular complexity index is 523. The summed E-state index contributed by atoms with van der Waals surface area (Å²) in [6.45, 7) is 9.40. The van der Waals surface area contributed by atoms with Gasteiger partial charge >= 0.3 is 5.97 Å². The van der Waals surface area contributed by atoms with Gasteiger partial charge < -0.3 is 9.84 Å². The van der Waals surface area contributed by atoms with Gasteiger partial charge in [0, 0.05) is 12.6 Å². The number of carboxylic acid groups (broad SMARTS) is 1. The number of aryl methyl sites for hydroxylation is 1. The summed E-state index contributed by atoms with van der Waals surface area (Å²) in [6, 6.07) is 6.16. The molecule has 1 unspecified atom stereocenters. The minimum Gasteiger partial charge on any atom is -0.492 e. The number of aliphatic carboxylic acids is 1. The van der Waals surface area contributed by atoms with Gasteiger partial charge in [0.2, 0.25) is 0 Å². The van der Waals surface area contributed by atoms with Crippen LogP contribution in [0.3, 0.4) is 0 Å². The topological polar surface area (TPSA) is 49.8 Å². The quantitative estimate of drug-likeness (QED) is 0.799. The first kappa shape index (κ1) is 16.8. The zero-order valence-corrected chi connectivity index (χ0v) is 14.0. The van der Waals surface area contributed by atoms with Crippen molar-refractivity contribution in [3.63, 3.8) is 0 Å². The Hall–Kier alpha value is -1.55. The van der Waals surface area contributed by atoms with Crippen molar-refractivity contribution in [3.05, 3.63) is 29.3 Å². The molecule has 1 N–H and O–H groups in total. The molecular weight excluding hydrogens is 278 g/mol. The van der Waals surface area contributed by atoms with Gasteiger partial charge in [-0.3, -0.25) is 9.69 Å². The molecule has 0 aliphatic heterocycles. The maximum Gasteiger partial charge on any atom is 0.320 e. The molecule has 0 aromatic heterocycles. The zero-order valence-electron chi connectivity index (χ0n) is 14.0. The number of carboxylic acids is 1. The monoisotopic (exact) mass is 305 g/mol. The van der Waals surface area contributed by atoms with Crippen LogP contribution in [0.15, 0.2) is 18.2 Å². The molecule has 1 atom stereocenters. The second-order valence-corrected chi connectivity index (χ2v) is 6.50. The lowest BCUT2D eigenvalue weighted by Gasteiger charge is -2.26.